The lowest BCUT2D eigenvalue weighted by molar-refractivity contribution is -0.255. The molecule has 0 saturated heterocycles. The van der Waals surface area contributed by atoms with Gasteiger partial charge in [0.25, 0.3) is 0 Å². The normalized spacial score (nSPS) is 17.3. The van der Waals surface area contributed by atoms with Gasteiger partial charge in [-0.15, -0.1) is 0 Å². The van der Waals surface area contributed by atoms with Crippen LogP contribution in [0.5, 0.6) is 0 Å². The zero-order valence-electron chi connectivity index (χ0n) is 11.1. The summed E-state index contributed by atoms with van der Waals surface area (Å²) in [7, 11) is 0. The summed E-state index contributed by atoms with van der Waals surface area (Å²) in [6, 6.07) is 15.8. The third kappa shape index (κ3) is 2.59. The van der Waals surface area contributed by atoms with Crippen molar-refractivity contribution in [3.8, 4) is 0 Å². The molecule has 0 radical (unpaired) electrons. The Labute approximate surface area is 121 Å². The first-order valence-electron chi connectivity index (χ1n) is 6.48. The van der Waals surface area contributed by atoms with E-state index in [0.29, 0.717) is 5.69 Å². The molecule has 2 N–H and O–H groups in total. The van der Waals surface area contributed by atoms with Crippen molar-refractivity contribution in [1.29, 1.82) is 0 Å². The van der Waals surface area contributed by atoms with Gasteiger partial charge in [0.1, 0.15) is 0 Å². The molecule has 0 fully saturated rings. The topological polar surface area (TPSA) is 75.6 Å². The molecule has 1 aliphatic heterocycles. The van der Waals surface area contributed by atoms with Crippen LogP contribution in [0.2, 0.25) is 0 Å². The van der Waals surface area contributed by atoms with Gasteiger partial charge >= 0.3 is 0 Å². The maximum absolute atomic E-state index is 10.7. The second-order valence-corrected chi connectivity index (χ2v) is 4.68. The predicted molar refractivity (Wildman–Crippen MR) is 76.8 cm³/mol. The molecule has 2 aromatic rings. The number of aliphatic hydroxyl groups is 1. The third-order valence-electron chi connectivity index (χ3n) is 3.29. The van der Waals surface area contributed by atoms with Crippen LogP contribution in [0.15, 0.2) is 60.7 Å². The van der Waals surface area contributed by atoms with E-state index in [9.17, 15) is 15.0 Å². The van der Waals surface area contributed by atoms with E-state index in [4.69, 9.17) is 0 Å². The Balaban J connectivity index is 1.81. The van der Waals surface area contributed by atoms with E-state index in [0.717, 1.165) is 11.3 Å². The molecule has 106 valence electrons. The summed E-state index contributed by atoms with van der Waals surface area (Å²) in [4.78, 5) is 10.7. The van der Waals surface area contributed by atoms with E-state index < -0.39 is 12.2 Å². The second-order valence-electron chi connectivity index (χ2n) is 4.68. The lowest BCUT2D eigenvalue weighted by Gasteiger charge is -2.24. The van der Waals surface area contributed by atoms with Crippen molar-refractivity contribution in [2.24, 2.45) is 0 Å². The largest absolute Gasteiger partial charge is 0.545 e. The smallest absolute Gasteiger partial charge is 0.166 e. The van der Waals surface area contributed by atoms with Gasteiger partial charge in [0.15, 0.2) is 6.23 Å². The van der Waals surface area contributed by atoms with Crippen LogP contribution in [0.3, 0.4) is 0 Å². The lowest BCUT2D eigenvalue weighted by Crippen LogP contribution is -2.38. The Morgan fingerprint density at radius 2 is 1.76 bits per heavy atom. The van der Waals surface area contributed by atoms with Gasteiger partial charge in [0, 0.05) is 0 Å². The van der Waals surface area contributed by atoms with Gasteiger partial charge in [-0.2, -0.15) is 0 Å². The molecule has 1 heterocycles. The van der Waals surface area contributed by atoms with Gasteiger partial charge in [-0.25, -0.2) is 0 Å². The highest BCUT2D eigenvalue weighted by Gasteiger charge is 2.23. The summed E-state index contributed by atoms with van der Waals surface area (Å²) < 4.78 is 0. The molecule has 0 bridgehead atoms. The number of rotatable bonds is 3. The van der Waals surface area contributed by atoms with Crippen molar-refractivity contribution >= 4 is 17.4 Å². The van der Waals surface area contributed by atoms with Crippen molar-refractivity contribution < 1.29 is 15.0 Å². The predicted octanol–water partition coefficient (Wildman–Crippen LogP) is 0.734. The number of carboxylic acid groups (broad SMARTS) is 1. The first-order valence-corrected chi connectivity index (χ1v) is 6.48. The van der Waals surface area contributed by atoms with E-state index in [1.165, 1.54) is 12.1 Å². The number of anilines is 1. The van der Waals surface area contributed by atoms with Gasteiger partial charge in [0.2, 0.25) is 0 Å². The maximum atomic E-state index is 10.7. The van der Waals surface area contributed by atoms with E-state index >= 15 is 0 Å². The molecule has 1 aliphatic rings. The van der Waals surface area contributed by atoms with Crippen LogP contribution in [0.1, 0.15) is 15.9 Å². The first kappa shape index (κ1) is 13.2. The quantitative estimate of drug-likeness (QED) is 0.867. The molecule has 5 heteroatoms. The number of hydrogen-bond donors (Lipinski definition) is 2. The highest BCUT2D eigenvalue weighted by atomic mass is 16.4. The first-order chi connectivity index (χ1) is 10.1. The fraction of sp³-hybridized carbons (Fsp3) is 0.0625. The Hall–Kier alpha value is -2.79. The monoisotopic (exact) mass is 281 g/mol. The molecule has 21 heavy (non-hydrogen) atoms. The van der Waals surface area contributed by atoms with Gasteiger partial charge in [-0.05, 0) is 29.3 Å². The molecular formula is C16H13N2O3-. The molecular weight excluding hydrogens is 268 g/mol. The molecule has 0 amide bonds. The van der Waals surface area contributed by atoms with Crippen LogP contribution in [0.25, 0.3) is 5.70 Å². The molecule has 0 saturated carbocycles. The minimum Gasteiger partial charge on any atom is -0.545 e. The number of benzene rings is 2. The average molecular weight is 281 g/mol. The fourth-order valence-corrected chi connectivity index (χ4v) is 2.21. The zero-order valence-corrected chi connectivity index (χ0v) is 11.1. The molecule has 0 spiro atoms. The van der Waals surface area contributed by atoms with Gasteiger partial charge < -0.3 is 15.0 Å². The Bertz CT molecular complexity index is 680. The number of hydrazine groups is 1. The molecule has 3 rings (SSSR count). The maximum Gasteiger partial charge on any atom is 0.166 e. The van der Waals surface area contributed by atoms with Crippen molar-refractivity contribution in [3.05, 3.63) is 71.8 Å². The summed E-state index contributed by atoms with van der Waals surface area (Å²) in [5.74, 6) is -1.22. The van der Waals surface area contributed by atoms with Crippen LogP contribution < -0.4 is 15.5 Å². The van der Waals surface area contributed by atoms with Crippen LogP contribution >= 0.6 is 0 Å². The second kappa shape index (κ2) is 5.30. The Morgan fingerprint density at radius 3 is 2.38 bits per heavy atom. The van der Waals surface area contributed by atoms with Gasteiger partial charge in [-0.3, -0.25) is 10.4 Å². The summed E-state index contributed by atoms with van der Waals surface area (Å²) in [5, 5.41) is 22.4. The van der Waals surface area contributed by atoms with Gasteiger partial charge in [-0.1, -0.05) is 42.5 Å². The van der Waals surface area contributed by atoms with Crippen LogP contribution in [-0.4, -0.2) is 17.3 Å². The number of aliphatic hydroxyl groups excluding tert-OH is 1. The van der Waals surface area contributed by atoms with Crippen molar-refractivity contribution in [1.82, 2.24) is 5.43 Å². The third-order valence-corrected chi connectivity index (χ3v) is 3.29. The highest BCUT2D eigenvalue weighted by Crippen LogP contribution is 2.25. The number of hydrogen-bond acceptors (Lipinski definition) is 5. The number of nitrogens with zero attached hydrogens (tertiary/aromatic N) is 1. The summed E-state index contributed by atoms with van der Waals surface area (Å²) in [5.41, 5.74) is 5.63. The number of carboxylic acids is 1. The number of carbonyl (C=O) groups is 1. The van der Waals surface area contributed by atoms with Crippen molar-refractivity contribution in [2.75, 3.05) is 5.01 Å². The number of carbonyl (C=O) groups excluding carboxylic acids is 1. The summed E-state index contributed by atoms with van der Waals surface area (Å²) in [6.07, 6.45) is 0.871. The van der Waals surface area contributed by atoms with E-state index in [2.05, 4.69) is 5.43 Å². The standard InChI is InChI=1S/C16H14N2O3/c19-15-10-14(11-4-2-1-3-5-11)17-18(15)13-8-6-12(7-9-13)16(20)21/h1-10,15,17,19H,(H,20,21)/p-1. The van der Waals surface area contributed by atoms with Crippen LogP contribution in [0.4, 0.5) is 5.69 Å². The van der Waals surface area contributed by atoms with Crippen LogP contribution in [0, 0.1) is 0 Å². The van der Waals surface area contributed by atoms with Crippen LogP contribution in [-0.2, 0) is 0 Å². The van der Waals surface area contributed by atoms with E-state index in [-0.39, 0.29) is 5.56 Å². The molecule has 0 aliphatic carbocycles. The van der Waals surface area contributed by atoms with E-state index in [1.54, 1.807) is 23.2 Å². The van der Waals surface area contributed by atoms with E-state index in [1.807, 2.05) is 30.3 Å². The SMILES string of the molecule is O=C([O-])c1ccc(N2NC(c3ccccc3)=CC2O)cc1. The minimum absolute atomic E-state index is 0.101. The lowest BCUT2D eigenvalue weighted by atomic mass is 10.1. The van der Waals surface area contributed by atoms with Crippen molar-refractivity contribution in [2.45, 2.75) is 6.23 Å². The minimum atomic E-state index is -1.22. The molecule has 2 aromatic carbocycles. The Morgan fingerprint density at radius 1 is 1.10 bits per heavy atom. The zero-order chi connectivity index (χ0) is 14.8. The number of nitrogens with one attached hydrogen (secondary N) is 1. The summed E-state index contributed by atoms with van der Waals surface area (Å²) >= 11 is 0. The molecule has 5 nitrogen and oxygen atoms in total. The molecule has 1 atom stereocenters. The van der Waals surface area contributed by atoms with Crippen molar-refractivity contribution in [3.63, 3.8) is 0 Å². The molecule has 0 aromatic heterocycles. The van der Waals surface area contributed by atoms with Gasteiger partial charge in [0.05, 0.1) is 17.4 Å². The molecule has 1 unspecified atom stereocenters. The fourth-order valence-electron chi connectivity index (χ4n) is 2.21. The number of aromatic carboxylic acids is 1. The average Bonchev–Trinajstić information content (AvgIpc) is 2.90. The Kier molecular flexibility index (Phi) is 3.33. The summed E-state index contributed by atoms with van der Waals surface area (Å²) in [6.45, 7) is 0. The highest BCUT2D eigenvalue weighted by molar-refractivity contribution is 5.86.